The lowest BCUT2D eigenvalue weighted by atomic mass is 10.1. The van der Waals surface area contributed by atoms with Gasteiger partial charge in [0, 0.05) is 19.2 Å². The summed E-state index contributed by atoms with van der Waals surface area (Å²) in [5, 5.41) is 2.73. The van der Waals surface area contributed by atoms with E-state index in [1.807, 2.05) is 6.07 Å². The summed E-state index contributed by atoms with van der Waals surface area (Å²) in [6, 6.07) is 11.1. The average molecular weight is 520 g/mol. The quantitative estimate of drug-likeness (QED) is 0.484. The fourth-order valence-corrected chi connectivity index (χ4v) is 4.83. The van der Waals surface area contributed by atoms with Crippen LogP contribution < -0.4 is 23.8 Å². The predicted octanol–water partition coefficient (Wildman–Crippen LogP) is 2.18. The standard InChI is InChI=1S/C25H33N3O7S/c1-5-26-25(30)18(3)27(16-19-8-7-9-21(14-19)33-4)24(29)17-28(36(31,32)6-2)20-10-11-22-23(15-20)35-13-12-34-22/h7-11,14-15,18H,5-6,12-13,16-17H2,1-4H3,(H,26,30)/t18-/m0/s1. The second kappa shape index (κ2) is 12.0. The summed E-state index contributed by atoms with van der Waals surface area (Å²) in [5.41, 5.74) is 1.02. The number of carbonyl (C=O) groups is 2. The number of nitrogens with one attached hydrogen (secondary N) is 1. The minimum absolute atomic E-state index is 0.0927. The third-order valence-corrected chi connectivity index (χ3v) is 7.54. The van der Waals surface area contributed by atoms with E-state index in [9.17, 15) is 18.0 Å². The van der Waals surface area contributed by atoms with E-state index in [-0.39, 0.29) is 23.9 Å². The Labute approximate surface area is 212 Å². The number of amides is 2. The number of hydrogen-bond donors (Lipinski definition) is 1. The van der Waals surface area contributed by atoms with Crippen molar-refractivity contribution in [3.63, 3.8) is 0 Å². The van der Waals surface area contributed by atoms with Gasteiger partial charge >= 0.3 is 0 Å². The Morgan fingerprint density at radius 3 is 2.47 bits per heavy atom. The maximum Gasteiger partial charge on any atom is 0.244 e. The second-order valence-corrected chi connectivity index (χ2v) is 10.4. The van der Waals surface area contributed by atoms with Crippen molar-refractivity contribution in [2.45, 2.75) is 33.4 Å². The number of rotatable bonds is 11. The lowest BCUT2D eigenvalue weighted by Gasteiger charge is -2.32. The normalized spacial score (nSPS) is 13.4. The zero-order valence-electron chi connectivity index (χ0n) is 21.0. The van der Waals surface area contributed by atoms with Crippen LogP contribution >= 0.6 is 0 Å². The topological polar surface area (TPSA) is 114 Å². The van der Waals surface area contributed by atoms with E-state index in [1.54, 1.807) is 57.4 Å². The van der Waals surface area contributed by atoms with Crippen molar-refractivity contribution in [2.75, 3.05) is 43.5 Å². The molecule has 10 nitrogen and oxygen atoms in total. The van der Waals surface area contributed by atoms with Gasteiger partial charge in [0.05, 0.1) is 18.6 Å². The van der Waals surface area contributed by atoms with Crippen LogP contribution in [-0.2, 0) is 26.2 Å². The number of sulfonamides is 1. The second-order valence-electron chi connectivity index (χ2n) is 8.18. The molecule has 2 aromatic rings. The first-order chi connectivity index (χ1) is 17.2. The van der Waals surface area contributed by atoms with Crippen LogP contribution in [0.5, 0.6) is 17.2 Å². The Kier molecular flexibility index (Phi) is 9.03. The van der Waals surface area contributed by atoms with E-state index < -0.39 is 28.5 Å². The first-order valence-electron chi connectivity index (χ1n) is 11.8. The van der Waals surface area contributed by atoms with Crippen LogP contribution in [0, 0.1) is 0 Å². The lowest BCUT2D eigenvalue weighted by Crippen LogP contribution is -2.51. The van der Waals surface area contributed by atoms with Crippen LogP contribution in [0.25, 0.3) is 0 Å². The monoisotopic (exact) mass is 519 g/mol. The van der Waals surface area contributed by atoms with Crippen molar-refractivity contribution in [3.05, 3.63) is 48.0 Å². The van der Waals surface area contributed by atoms with Crippen molar-refractivity contribution in [3.8, 4) is 17.2 Å². The summed E-state index contributed by atoms with van der Waals surface area (Å²) >= 11 is 0. The van der Waals surface area contributed by atoms with E-state index in [0.717, 1.165) is 9.87 Å². The SMILES string of the molecule is CCNC(=O)[C@H](C)N(Cc1cccc(OC)c1)C(=O)CN(c1ccc2c(c1)OCCO2)S(=O)(=O)CC. The van der Waals surface area contributed by atoms with E-state index in [1.165, 1.54) is 11.8 Å². The van der Waals surface area contributed by atoms with Gasteiger partial charge in [0.1, 0.15) is 31.5 Å². The van der Waals surface area contributed by atoms with Crippen LogP contribution in [0.4, 0.5) is 5.69 Å². The first-order valence-corrected chi connectivity index (χ1v) is 13.4. The number of likely N-dealkylation sites (N-methyl/N-ethyl adjacent to an activating group) is 1. The van der Waals surface area contributed by atoms with Crippen LogP contribution in [0.15, 0.2) is 42.5 Å². The van der Waals surface area contributed by atoms with Crippen LogP contribution in [0.1, 0.15) is 26.3 Å². The van der Waals surface area contributed by atoms with Crippen molar-refractivity contribution < 1.29 is 32.2 Å². The van der Waals surface area contributed by atoms with Crippen LogP contribution in [0.2, 0.25) is 0 Å². The Morgan fingerprint density at radius 2 is 1.81 bits per heavy atom. The third-order valence-electron chi connectivity index (χ3n) is 5.80. The van der Waals surface area contributed by atoms with Gasteiger partial charge in [-0.3, -0.25) is 13.9 Å². The molecule has 0 unspecified atom stereocenters. The van der Waals surface area contributed by atoms with E-state index >= 15 is 0 Å². The van der Waals surface area contributed by atoms with Gasteiger partial charge in [-0.1, -0.05) is 12.1 Å². The summed E-state index contributed by atoms with van der Waals surface area (Å²) in [5.74, 6) is 0.454. The maximum absolute atomic E-state index is 13.6. The zero-order valence-corrected chi connectivity index (χ0v) is 21.8. The first kappa shape index (κ1) is 27.1. The molecule has 1 heterocycles. The Bertz CT molecular complexity index is 1190. The van der Waals surface area contributed by atoms with Crippen molar-refractivity contribution in [2.24, 2.45) is 0 Å². The number of fused-ring (bicyclic) bond motifs is 1. The van der Waals surface area contributed by atoms with Gasteiger partial charge in [0.25, 0.3) is 0 Å². The van der Waals surface area contributed by atoms with E-state index in [2.05, 4.69) is 5.32 Å². The number of methoxy groups -OCH3 is 1. The van der Waals surface area contributed by atoms with Crippen LogP contribution in [-0.4, -0.2) is 70.3 Å². The van der Waals surface area contributed by atoms with E-state index in [4.69, 9.17) is 14.2 Å². The molecule has 196 valence electrons. The molecule has 0 aromatic heterocycles. The van der Waals surface area contributed by atoms with Gasteiger partial charge in [-0.05, 0) is 50.6 Å². The molecular formula is C25H33N3O7S. The number of carbonyl (C=O) groups excluding carboxylic acids is 2. The fraction of sp³-hybridized carbons (Fsp3) is 0.440. The van der Waals surface area contributed by atoms with Gasteiger partial charge in [0.2, 0.25) is 21.8 Å². The summed E-state index contributed by atoms with van der Waals surface area (Å²) in [7, 11) is -2.30. The molecular weight excluding hydrogens is 486 g/mol. The lowest BCUT2D eigenvalue weighted by molar-refractivity contribution is -0.139. The maximum atomic E-state index is 13.6. The number of nitrogens with zero attached hydrogens (tertiary/aromatic N) is 2. The Hall–Kier alpha value is -3.47. The van der Waals surface area contributed by atoms with Gasteiger partial charge < -0.3 is 24.4 Å². The number of hydrogen-bond acceptors (Lipinski definition) is 7. The molecule has 0 aliphatic carbocycles. The van der Waals surface area contributed by atoms with Gasteiger partial charge in [-0.25, -0.2) is 8.42 Å². The molecule has 11 heteroatoms. The molecule has 1 N–H and O–H groups in total. The molecule has 0 bridgehead atoms. The minimum atomic E-state index is -3.84. The highest BCUT2D eigenvalue weighted by molar-refractivity contribution is 7.92. The van der Waals surface area contributed by atoms with Gasteiger partial charge in [-0.2, -0.15) is 0 Å². The molecule has 0 radical (unpaired) electrons. The molecule has 36 heavy (non-hydrogen) atoms. The number of benzene rings is 2. The summed E-state index contributed by atoms with van der Waals surface area (Å²) in [6.07, 6.45) is 0. The number of ether oxygens (including phenoxy) is 3. The van der Waals surface area contributed by atoms with Gasteiger partial charge in [-0.15, -0.1) is 0 Å². The zero-order chi connectivity index (χ0) is 26.3. The minimum Gasteiger partial charge on any atom is -0.497 e. The fourth-order valence-electron chi connectivity index (χ4n) is 3.78. The molecule has 2 amide bonds. The van der Waals surface area contributed by atoms with Crippen molar-refractivity contribution in [1.29, 1.82) is 0 Å². The molecule has 1 aliphatic rings. The molecule has 1 atom stereocenters. The van der Waals surface area contributed by atoms with E-state index in [0.29, 0.717) is 37.0 Å². The molecule has 1 aliphatic heterocycles. The highest BCUT2D eigenvalue weighted by Crippen LogP contribution is 2.35. The molecule has 0 saturated heterocycles. The Morgan fingerprint density at radius 1 is 1.08 bits per heavy atom. The molecule has 3 rings (SSSR count). The molecule has 0 fully saturated rings. The molecule has 0 spiro atoms. The summed E-state index contributed by atoms with van der Waals surface area (Å²) in [6.45, 7) is 5.67. The summed E-state index contributed by atoms with van der Waals surface area (Å²) < 4.78 is 43.6. The average Bonchev–Trinajstić information content (AvgIpc) is 2.89. The largest absolute Gasteiger partial charge is 0.497 e. The predicted molar refractivity (Wildman–Crippen MR) is 136 cm³/mol. The van der Waals surface area contributed by atoms with Crippen molar-refractivity contribution in [1.82, 2.24) is 10.2 Å². The highest BCUT2D eigenvalue weighted by atomic mass is 32.2. The molecule has 0 saturated carbocycles. The molecule has 2 aromatic carbocycles. The number of anilines is 1. The van der Waals surface area contributed by atoms with Crippen LogP contribution in [0.3, 0.4) is 0 Å². The van der Waals surface area contributed by atoms with Gasteiger partial charge in [0.15, 0.2) is 11.5 Å². The Balaban J connectivity index is 1.95. The van der Waals surface area contributed by atoms with Crippen molar-refractivity contribution >= 4 is 27.5 Å². The smallest absolute Gasteiger partial charge is 0.244 e. The third kappa shape index (κ3) is 6.39. The highest BCUT2D eigenvalue weighted by Gasteiger charge is 2.31. The summed E-state index contributed by atoms with van der Waals surface area (Å²) in [4.78, 5) is 27.7.